The first-order valence-electron chi connectivity index (χ1n) is 9.78. The number of anilines is 1. The predicted molar refractivity (Wildman–Crippen MR) is 123 cm³/mol. The maximum atomic E-state index is 12.2. The lowest BCUT2D eigenvalue weighted by atomic mass is 10.1. The lowest BCUT2D eigenvalue weighted by Crippen LogP contribution is -2.07. The van der Waals surface area contributed by atoms with Crippen LogP contribution < -0.4 is 5.32 Å². The number of fused-ring (bicyclic) bond motifs is 3. The van der Waals surface area contributed by atoms with Crippen molar-refractivity contribution in [2.75, 3.05) is 5.32 Å². The van der Waals surface area contributed by atoms with Gasteiger partial charge in [-0.25, -0.2) is 0 Å². The summed E-state index contributed by atoms with van der Waals surface area (Å²) in [5.74, 6) is -0.164. The highest BCUT2D eigenvalue weighted by Gasteiger charge is 2.10. The fraction of sp³-hybridized carbons (Fsp3) is 0. The normalized spacial score (nSPS) is 11.3. The Morgan fingerprint density at radius 1 is 0.833 bits per heavy atom. The Hall–Kier alpha value is -4.18. The number of carbonyl (C=O) groups excluding carboxylic acids is 1. The van der Waals surface area contributed by atoms with Gasteiger partial charge in [-0.3, -0.25) is 9.78 Å². The van der Waals surface area contributed by atoms with Crippen molar-refractivity contribution in [3.8, 4) is 11.3 Å². The zero-order valence-corrected chi connectivity index (χ0v) is 16.2. The van der Waals surface area contributed by atoms with Crippen molar-refractivity contribution in [3.63, 3.8) is 0 Å². The van der Waals surface area contributed by atoms with E-state index < -0.39 is 0 Å². The van der Waals surface area contributed by atoms with E-state index in [2.05, 4.69) is 27.4 Å². The Labute approximate surface area is 173 Å². The van der Waals surface area contributed by atoms with E-state index in [0.29, 0.717) is 0 Å². The fourth-order valence-corrected chi connectivity index (χ4v) is 3.62. The molecule has 4 nitrogen and oxygen atoms in total. The highest BCUT2D eigenvalue weighted by atomic mass is 16.1. The third-order valence-corrected chi connectivity index (χ3v) is 5.08. The molecular formula is C26H19N3O. The predicted octanol–water partition coefficient (Wildman–Crippen LogP) is 6.04. The highest BCUT2D eigenvalue weighted by molar-refractivity contribution is 6.11. The van der Waals surface area contributed by atoms with Gasteiger partial charge in [0.1, 0.15) is 0 Å². The number of aromatic amines is 1. The molecule has 0 saturated heterocycles. The number of amides is 1. The summed E-state index contributed by atoms with van der Waals surface area (Å²) in [6, 6.07) is 27.8. The van der Waals surface area contributed by atoms with Gasteiger partial charge in [-0.05, 0) is 35.9 Å². The van der Waals surface area contributed by atoms with Crippen molar-refractivity contribution in [1.29, 1.82) is 0 Å². The van der Waals surface area contributed by atoms with Crippen LogP contribution in [0.3, 0.4) is 0 Å². The molecule has 0 aliphatic carbocycles. The molecule has 1 amide bonds. The van der Waals surface area contributed by atoms with E-state index in [1.165, 1.54) is 11.5 Å². The van der Waals surface area contributed by atoms with Crippen LogP contribution in [0.25, 0.3) is 39.1 Å². The number of para-hydroxylation sites is 1. The molecule has 0 aliphatic rings. The number of rotatable bonds is 4. The van der Waals surface area contributed by atoms with Crippen LogP contribution in [0.5, 0.6) is 0 Å². The molecule has 3 aromatic carbocycles. The van der Waals surface area contributed by atoms with Gasteiger partial charge in [0.25, 0.3) is 0 Å². The van der Waals surface area contributed by atoms with Crippen molar-refractivity contribution in [2.45, 2.75) is 0 Å². The number of hydrogen-bond acceptors (Lipinski definition) is 2. The van der Waals surface area contributed by atoms with E-state index in [1.807, 2.05) is 79.0 Å². The Balaban J connectivity index is 1.39. The van der Waals surface area contributed by atoms with Crippen LogP contribution in [0.1, 0.15) is 5.56 Å². The number of hydrogen-bond donors (Lipinski definition) is 2. The van der Waals surface area contributed by atoms with Crippen LogP contribution >= 0.6 is 0 Å². The molecule has 0 spiro atoms. The molecule has 144 valence electrons. The number of nitrogens with zero attached hydrogens (tertiary/aromatic N) is 1. The second-order valence-electron chi connectivity index (χ2n) is 7.06. The minimum atomic E-state index is -0.164. The Kier molecular flexibility index (Phi) is 4.58. The molecule has 0 bridgehead atoms. The zero-order chi connectivity index (χ0) is 20.3. The van der Waals surface area contributed by atoms with Gasteiger partial charge in [0.2, 0.25) is 5.91 Å². The number of aromatic nitrogens is 2. The molecule has 0 saturated carbocycles. The van der Waals surface area contributed by atoms with Crippen LogP contribution in [0.2, 0.25) is 0 Å². The van der Waals surface area contributed by atoms with Crippen molar-refractivity contribution >= 4 is 39.5 Å². The fourth-order valence-electron chi connectivity index (χ4n) is 3.62. The quantitative estimate of drug-likeness (QED) is 0.368. The lowest BCUT2D eigenvalue weighted by molar-refractivity contribution is -0.111. The molecule has 30 heavy (non-hydrogen) atoms. The number of nitrogens with one attached hydrogen (secondary N) is 2. The maximum absolute atomic E-state index is 12.2. The average molecular weight is 389 g/mol. The number of H-pyrrole nitrogens is 1. The first-order valence-corrected chi connectivity index (χ1v) is 9.78. The Morgan fingerprint density at radius 3 is 2.43 bits per heavy atom. The van der Waals surface area contributed by atoms with Gasteiger partial charge >= 0.3 is 0 Å². The van der Waals surface area contributed by atoms with Gasteiger partial charge in [0, 0.05) is 39.8 Å². The molecule has 2 aromatic heterocycles. The maximum Gasteiger partial charge on any atom is 0.248 e. The van der Waals surface area contributed by atoms with Gasteiger partial charge < -0.3 is 10.3 Å². The van der Waals surface area contributed by atoms with Gasteiger partial charge in [0.15, 0.2) is 0 Å². The van der Waals surface area contributed by atoms with Crippen LogP contribution in [0.4, 0.5) is 5.69 Å². The van der Waals surface area contributed by atoms with E-state index >= 15 is 0 Å². The summed E-state index contributed by atoms with van der Waals surface area (Å²) in [5.41, 5.74) is 5.72. The molecule has 0 unspecified atom stereocenters. The standard InChI is InChI=1S/C26H19N3O/c30-24(15-10-18-6-2-1-3-7-18)28-20-13-11-19(12-14-20)25-26-22(16-17-27-25)21-8-4-5-9-23(21)29-26/h1-17,29H,(H,28,30)/b15-10+. The highest BCUT2D eigenvalue weighted by Crippen LogP contribution is 2.31. The third kappa shape index (κ3) is 3.47. The summed E-state index contributed by atoms with van der Waals surface area (Å²) in [7, 11) is 0. The Bertz CT molecular complexity index is 1370. The van der Waals surface area contributed by atoms with Crippen LogP contribution in [0, 0.1) is 0 Å². The van der Waals surface area contributed by atoms with E-state index in [-0.39, 0.29) is 5.91 Å². The molecule has 0 aliphatic heterocycles. The number of benzene rings is 3. The van der Waals surface area contributed by atoms with Crippen LogP contribution in [-0.4, -0.2) is 15.9 Å². The summed E-state index contributed by atoms with van der Waals surface area (Å²) in [6.45, 7) is 0. The van der Waals surface area contributed by atoms with Gasteiger partial charge in [-0.1, -0.05) is 60.7 Å². The molecular weight excluding hydrogens is 370 g/mol. The minimum absolute atomic E-state index is 0.164. The molecule has 0 radical (unpaired) electrons. The van der Waals surface area contributed by atoms with Gasteiger partial charge in [0.05, 0.1) is 11.2 Å². The molecule has 0 fully saturated rings. The minimum Gasteiger partial charge on any atom is -0.353 e. The lowest BCUT2D eigenvalue weighted by Gasteiger charge is -2.06. The summed E-state index contributed by atoms with van der Waals surface area (Å²) in [5, 5.41) is 5.23. The van der Waals surface area contributed by atoms with E-state index in [4.69, 9.17) is 0 Å². The monoisotopic (exact) mass is 389 g/mol. The third-order valence-electron chi connectivity index (χ3n) is 5.08. The molecule has 5 rings (SSSR count). The van der Waals surface area contributed by atoms with Crippen molar-refractivity contribution in [1.82, 2.24) is 9.97 Å². The molecule has 5 aromatic rings. The van der Waals surface area contributed by atoms with Gasteiger partial charge in [-0.15, -0.1) is 0 Å². The van der Waals surface area contributed by atoms with Gasteiger partial charge in [-0.2, -0.15) is 0 Å². The van der Waals surface area contributed by atoms with Crippen LogP contribution in [-0.2, 0) is 4.79 Å². The molecule has 2 N–H and O–H groups in total. The zero-order valence-electron chi connectivity index (χ0n) is 16.2. The SMILES string of the molecule is O=C(/C=C/c1ccccc1)Nc1ccc(-c2nccc3c2[nH]c2ccccc23)cc1. The van der Waals surface area contributed by atoms with Crippen LogP contribution in [0.15, 0.2) is 97.2 Å². The van der Waals surface area contributed by atoms with Crippen molar-refractivity contribution in [2.24, 2.45) is 0 Å². The first-order chi connectivity index (χ1) is 14.8. The molecule has 2 heterocycles. The number of pyridine rings is 1. The second-order valence-corrected chi connectivity index (χ2v) is 7.06. The van der Waals surface area contributed by atoms with E-state index in [1.54, 1.807) is 6.08 Å². The van der Waals surface area contributed by atoms with Crippen molar-refractivity contribution < 1.29 is 4.79 Å². The first kappa shape index (κ1) is 17.9. The molecule has 4 heteroatoms. The summed E-state index contributed by atoms with van der Waals surface area (Å²) in [4.78, 5) is 20.3. The smallest absolute Gasteiger partial charge is 0.248 e. The Morgan fingerprint density at radius 2 is 1.60 bits per heavy atom. The topological polar surface area (TPSA) is 57.8 Å². The second kappa shape index (κ2) is 7.68. The van der Waals surface area contributed by atoms with E-state index in [9.17, 15) is 4.79 Å². The summed E-state index contributed by atoms with van der Waals surface area (Å²) < 4.78 is 0. The average Bonchev–Trinajstić information content (AvgIpc) is 3.18. The van der Waals surface area contributed by atoms with Crippen molar-refractivity contribution in [3.05, 3.63) is 103 Å². The van der Waals surface area contributed by atoms with E-state index in [0.717, 1.165) is 38.9 Å². The summed E-state index contributed by atoms with van der Waals surface area (Å²) >= 11 is 0. The number of carbonyl (C=O) groups is 1. The largest absolute Gasteiger partial charge is 0.353 e. The molecule has 0 atom stereocenters. The summed E-state index contributed by atoms with van der Waals surface area (Å²) in [6.07, 6.45) is 5.17.